The van der Waals surface area contributed by atoms with E-state index in [1.165, 1.54) is 6.07 Å². The van der Waals surface area contributed by atoms with Gasteiger partial charge in [-0.1, -0.05) is 41.9 Å². The molecule has 0 amide bonds. The topological polar surface area (TPSA) is 47.9 Å². The fourth-order valence-corrected chi connectivity index (χ4v) is 4.01. The van der Waals surface area contributed by atoms with E-state index in [-0.39, 0.29) is 11.6 Å². The number of ether oxygens (including phenoxy) is 1. The van der Waals surface area contributed by atoms with Crippen LogP contribution in [0.25, 0.3) is 0 Å². The van der Waals surface area contributed by atoms with Crippen molar-refractivity contribution in [2.45, 2.75) is 50.9 Å². The van der Waals surface area contributed by atoms with Gasteiger partial charge in [-0.2, -0.15) is 0 Å². The van der Waals surface area contributed by atoms with Crippen molar-refractivity contribution >= 4 is 24.2 Å². The van der Waals surface area contributed by atoms with Crippen molar-refractivity contribution in [1.82, 2.24) is 0 Å². The Labute approximate surface area is 169 Å². The minimum absolute atomic E-state index is 0.0392. The molecule has 0 radical (unpaired) electrons. The lowest BCUT2D eigenvalue weighted by Gasteiger charge is -2.32. The Morgan fingerprint density at radius 3 is 2.29 bits per heavy atom. The average Bonchev–Trinajstić information content (AvgIpc) is 3.11. The summed E-state index contributed by atoms with van der Waals surface area (Å²) in [5.74, 6) is -0.253. The van der Waals surface area contributed by atoms with Crippen molar-refractivity contribution in [3.63, 3.8) is 0 Å². The third kappa shape index (κ3) is 2.86. The van der Waals surface area contributed by atoms with E-state index in [1.54, 1.807) is 0 Å². The van der Waals surface area contributed by atoms with Crippen LogP contribution in [0.5, 0.6) is 5.75 Å². The van der Waals surface area contributed by atoms with Gasteiger partial charge >= 0.3 is 7.12 Å². The highest BCUT2D eigenvalue weighted by atomic mass is 35.5. The molecule has 1 unspecified atom stereocenters. The monoisotopic (exact) mass is 404 g/mol. The average molecular weight is 405 g/mol. The zero-order chi connectivity index (χ0) is 20.3. The van der Waals surface area contributed by atoms with Gasteiger partial charge in [0.25, 0.3) is 0 Å². The number of fused-ring (bicyclic) bond motifs is 1. The summed E-state index contributed by atoms with van der Waals surface area (Å²) in [6.07, 6.45) is 0.336. The second-order valence-corrected chi connectivity index (χ2v) is 8.83. The Hall–Kier alpha value is -1.60. The fourth-order valence-electron chi connectivity index (χ4n) is 3.75. The summed E-state index contributed by atoms with van der Waals surface area (Å²) < 4.78 is 33.0. The van der Waals surface area contributed by atoms with Crippen molar-refractivity contribution in [2.75, 3.05) is 6.61 Å². The molecule has 2 aliphatic heterocycles. The largest absolute Gasteiger partial charge is 0.496 e. The summed E-state index contributed by atoms with van der Waals surface area (Å²) in [4.78, 5) is 0. The molecule has 4 nitrogen and oxygen atoms in total. The Bertz CT molecular complexity index is 902. The van der Waals surface area contributed by atoms with E-state index in [2.05, 4.69) is 0 Å². The molecule has 0 spiro atoms. The summed E-state index contributed by atoms with van der Waals surface area (Å²) in [7, 11) is -0.823. The van der Waals surface area contributed by atoms with Gasteiger partial charge in [0.05, 0.1) is 22.8 Å². The van der Waals surface area contributed by atoms with Crippen LogP contribution in [0.15, 0.2) is 36.4 Å². The maximum atomic E-state index is 14.6. The van der Waals surface area contributed by atoms with Crippen molar-refractivity contribution < 1.29 is 23.5 Å². The lowest BCUT2D eigenvalue weighted by Crippen LogP contribution is -2.41. The number of aliphatic hydroxyl groups excluding tert-OH is 1. The van der Waals surface area contributed by atoms with Crippen molar-refractivity contribution in [3.05, 3.63) is 58.4 Å². The highest BCUT2D eigenvalue weighted by molar-refractivity contribution is 6.66. The molecule has 0 aliphatic carbocycles. The number of aliphatic hydroxyl groups is 1. The molecule has 4 rings (SSSR count). The van der Waals surface area contributed by atoms with Crippen LogP contribution < -0.4 is 10.2 Å². The molecule has 1 fully saturated rings. The van der Waals surface area contributed by atoms with Crippen LogP contribution in [0.2, 0.25) is 5.02 Å². The molecule has 1 atom stereocenters. The molecule has 28 heavy (non-hydrogen) atoms. The number of halogens is 2. The van der Waals surface area contributed by atoms with Crippen LogP contribution in [0.1, 0.15) is 38.8 Å². The Morgan fingerprint density at radius 2 is 1.71 bits per heavy atom. The summed E-state index contributed by atoms with van der Waals surface area (Å²) in [6.45, 7) is 7.46. The normalized spacial score (nSPS) is 24.9. The molecule has 1 N–H and O–H groups in total. The molecule has 7 heteroatoms. The quantitative estimate of drug-likeness (QED) is 0.794. The first-order chi connectivity index (χ1) is 13.1. The zero-order valence-corrected chi connectivity index (χ0v) is 17.1. The second-order valence-electron chi connectivity index (χ2n) is 8.45. The summed E-state index contributed by atoms with van der Waals surface area (Å²) in [6, 6.07) is 10.7. The van der Waals surface area contributed by atoms with Gasteiger partial charge in [-0.05, 0) is 33.3 Å². The standard InChI is InChI=1S/C21H23BClFO4/c1-19(2)20(3,4)28-22(27-19)17-14-11-21(12-25,13-8-6-5-7-9-13)26-16(14)10-15(24)18(17)23/h5-10,25H,11-12H2,1-4H3. The van der Waals surface area contributed by atoms with Crippen LogP contribution in [0.3, 0.4) is 0 Å². The Kier molecular flexibility index (Phi) is 4.55. The van der Waals surface area contributed by atoms with Crippen LogP contribution in [-0.2, 0) is 21.3 Å². The number of hydrogen-bond donors (Lipinski definition) is 1. The van der Waals surface area contributed by atoms with E-state index in [0.29, 0.717) is 23.2 Å². The number of benzene rings is 2. The Balaban J connectivity index is 1.82. The van der Waals surface area contributed by atoms with Gasteiger partial charge in [-0.3, -0.25) is 0 Å². The molecule has 0 aromatic heterocycles. The summed E-state index contributed by atoms with van der Waals surface area (Å²) in [5, 5.41) is 10.1. The van der Waals surface area contributed by atoms with E-state index in [9.17, 15) is 9.50 Å². The van der Waals surface area contributed by atoms with E-state index in [4.69, 9.17) is 25.6 Å². The first-order valence-electron chi connectivity index (χ1n) is 9.32. The summed E-state index contributed by atoms with van der Waals surface area (Å²) >= 11 is 6.37. The van der Waals surface area contributed by atoms with E-state index >= 15 is 0 Å². The number of hydrogen-bond acceptors (Lipinski definition) is 4. The summed E-state index contributed by atoms with van der Waals surface area (Å²) in [5.41, 5.74) is -0.242. The van der Waals surface area contributed by atoms with E-state index in [1.807, 2.05) is 58.0 Å². The maximum Gasteiger partial charge on any atom is 0.496 e. The van der Waals surface area contributed by atoms with Gasteiger partial charge in [-0.25, -0.2) is 4.39 Å². The molecular formula is C21H23BClFO4. The van der Waals surface area contributed by atoms with Gasteiger partial charge in [0.1, 0.15) is 11.6 Å². The van der Waals surface area contributed by atoms with Crippen molar-refractivity contribution in [3.8, 4) is 5.75 Å². The van der Waals surface area contributed by atoms with Crippen LogP contribution in [0.4, 0.5) is 4.39 Å². The predicted molar refractivity (Wildman–Crippen MR) is 107 cm³/mol. The SMILES string of the molecule is CC1(C)OB(c2c(Cl)c(F)cc3c2CC(CO)(c2ccccc2)O3)OC1(C)C. The van der Waals surface area contributed by atoms with Crippen LogP contribution >= 0.6 is 11.6 Å². The smallest absolute Gasteiger partial charge is 0.479 e. The van der Waals surface area contributed by atoms with Crippen LogP contribution in [-0.4, -0.2) is 30.0 Å². The van der Waals surface area contributed by atoms with Crippen molar-refractivity contribution in [1.29, 1.82) is 0 Å². The molecule has 2 aromatic rings. The van der Waals surface area contributed by atoms with E-state index in [0.717, 1.165) is 5.56 Å². The number of rotatable bonds is 3. The third-order valence-electron chi connectivity index (χ3n) is 6.14. The predicted octanol–water partition coefficient (Wildman–Crippen LogP) is 3.60. The third-order valence-corrected chi connectivity index (χ3v) is 6.52. The minimum Gasteiger partial charge on any atom is -0.479 e. The molecular weight excluding hydrogens is 381 g/mol. The van der Waals surface area contributed by atoms with Gasteiger partial charge in [0.15, 0.2) is 5.60 Å². The lowest BCUT2D eigenvalue weighted by atomic mass is 9.73. The molecule has 0 saturated carbocycles. The molecule has 2 aliphatic rings. The van der Waals surface area contributed by atoms with E-state index < -0.39 is 29.7 Å². The van der Waals surface area contributed by atoms with Crippen LogP contribution in [0, 0.1) is 5.82 Å². The molecule has 1 saturated heterocycles. The van der Waals surface area contributed by atoms with Gasteiger partial charge in [0, 0.05) is 23.5 Å². The first kappa shape index (κ1) is 19.7. The van der Waals surface area contributed by atoms with Crippen molar-refractivity contribution in [2.24, 2.45) is 0 Å². The lowest BCUT2D eigenvalue weighted by molar-refractivity contribution is 0.00578. The highest BCUT2D eigenvalue weighted by Gasteiger charge is 2.54. The maximum absolute atomic E-state index is 14.6. The van der Waals surface area contributed by atoms with Gasteiger partial charge in [-0.15, -0.1) is 0 Å². The van der Waals surface area contributed by atoms with Gasteiger partial charge in [0.2, 0.25) is 0 Å². The fraction of sp³-hybridized carbons (Fsp3) is 0.429. The molecule has 2 heterocycles. The first-order valence-corrected chi connectivity index (χ1v) is 9.70. The van der Waals surface area contributed by atoms with Gasteiger partial charge < -0.3 is 19.2 Å². The second kappa shape index (κ2) is 6.46. The molecule has 148 valence electrons. The molecule has 0 bridgehead atoms. The zero-order valence-electron chi connectivity index (χ0n) is 16.4. The minimum atomic E-state index is -1.00. The Morgan fingerprint density at radius 1 is 1.11 bits per heavy atom. The highest BCUT2D eigenvalue weighted by Crippen LogP contribution is 2.44. The molecule has 2 aromatic carbocycles.